The molecule has 0 bridgehead atoms. The number of hydrogen-bond donors (Lipinski definition) is 1. The molecule has 0 aliphatic carbocycles. The average Bonchev–Trinajstić information content (AvgIpc) is 2.38. The summed E-state index contributed by atoms with van der Waals surface area (Å²) in [5.41, 5.74) is 1.54. The molecule has 1 amide bonds. The molecule has 1 unspecified atom stereocenters. The van der Waals surface area contributed by atoms with Crippen molar-refractivity contribution in [1.82, 2.24) is 0 Å². The van der Waals surface area contributed by atoms with Crippen molar-refractivity contribution < 1.29 is 9.18 Å². The third-order valence-electron chi connectivity index (χ3n) is 2.81. The summed E-state index contributed by atoms with van der Waals surface area (Å²) in [6, 6.07) is 11.3. The molecule has 20 heavy (non-hydrogen) atoms. The van der Waals surface area contributed by atoms with Crippen LogP contribution in [0.3, 0.4) is 0 Å². The number of carbonyl (C=O) groups excluding carboxylic acids is 1. The molecule has 104 valence electrons. The highest BCUT2D eigenvalue weighted by Crippen LogP contribution is 2.29. The van der Waals surface area contributed by atoms with Crippen LogP contribution in [0, 0.1) is 5.82 Å². The first kappa shape index (κ1) is 15.0. The molecule has 1 N–H and O–H groups in total. The fourth-order valence-electron chi connectivity index (χ4n) is 1.82. The van der Waals surface area contributed by atoms with E-state index in [9.17, 15) is 9.18 Å². The zero-order valence-corrected chi connectivity index (χ0v) is 13.0. The van der Waals surface area contributed by atoms with Gasteiger partial charge in [-0.15, -0.1) is 0 Å². The second-order valence-corrected chi connectivity index (χ2v) is 6.09. The zero-order valence-electron chi connectivity index (χ0n) is 10.7. The molecule has 2 aromatic carbocycles. The number of amides is 1. The lowest BCUT2D eigenvalue weighted by atomic mass is 10.1. The molecule has 0 saturated carbocycles. The number of nitrogens with one attached hydrogen (secondary N) is 1. The van der Waals surface area contributed by atoms with Crippen LogP contribution < -0.4 is 5.32 Å². The lowest BCUT2D eigenvalue weighted by molar-refractivity contribution is 0.102. The van der Waals surface area contributed by atoms with Gasteiger partial charge < -0.3 is 5.32 Å². The van der Waals surface area contributed by atoms with Gasteiger partial charge >= 0.3 is 0 Å². The van der Waals surface area contributed by atoms with Gasteiger partial charge in [0, 0.05) is 15.5 Å². The van der Waals surface area contributed by atoms with E-state index in [0.29, 0.717) is 5.69 Å². The first-order valence-corrected chi connectivity index (χ1v) is 7.28. The summed E-state index contributed by atoms with van der Waals surface area (Å²) in [7, 11) is 0. The van der Waals surface area contributed by atoms with Gasteiger partial charge in [-0.3, -0.25) is 4.79 Å². The van der Waals surface area contributed by atoms with Crippen molar-refractivity contribution in [3.63, 3.8) is 0 Å². The highest BCUT2D eigenvalue weighted by atomic mass is 79.9. The van der Waals surface area contributed by atoms with Crippen molar-refractivity contribution in [2.24, 2.45) is 0 Å². The van der Waals surface area contributed by atoms with E-state index in [1.807, 2.05) is 25.1 Å². The molecule has 0 aliphatic heterocycles. The van der Waals surface area contributed by atoms with E-state index in [1.54, 1.807) is 6.07 Å². The van der Waals surface area contributed by atoms with Crippen LogP contribution >= 0.6 is 27.5 Å². The number of anilines is 1. The Morgan fingerprint density at radius 2 is 2.00 bits per heavy atom. The number of para-hydroxylation sites is 1. The summed E-state index contributed by atoms with van der Waals surface area (Å²) in [5.74, 6) is -1.14. The Bertz CT molecular complexity index is 646. The summed E-state index contributed by atoms with van der Waals surface area (Å²) in [5, 5.41) is 2.97. The second-order valence-electron chi connectivity index (χ2n) is 4.28. The van der Waals surface area contributed by atoms with Crippen molar-refractivity contribution in [2.45, 2.75) is 11.8 Å². The molecule has 0 heterocycles. The van der Waals surface area contributed by atoms with E-state index in [-0.39, 0.29) is 15.4 Å². The van der Waals surface area contributed by atoms with Crippen molar-refractivity contribution in [2.75, 3.05) is 5.32 Å². The first-order chi connectivity index (χ1) is 9.49. The highest BCUT2D eigenvalue weighted by molar-refractivity contribution is 9.09. The van der Waals surface area contributed by atoms with Crippen LogP contribution in [0.25, 0.3) is 0 Å². The van der Waals surface area contributed by atoms with E-state index < -0.39 is 11.7 Å². The SMILES string of the molecule is CC(Br)c1ccccc1NC(=O)c1ccc(Cl)cc1F. The molecular formula is C15H12BrClFNO. The Morgan fingerprint density at radius 1 is 1.30 bits per heavy atom. The Hall–Kier alpha value is -1.39. The fourth-order valence-corrected chi connectivity index (χ4v) is 2.38. The van der Waals surface area contributed by atoms with Crippen LogP contribution in [-0.2, 0) is 0 Å². The maximum absolute atomic E-state index is 13.7. The molecular weight excluding hydrogens is 345 g/mol. The largest absolute Gasteiger partial charge is 0.322 e. The molecule has 0 saturated heterocycles. The summed E-state index contributed by atoms with van der Waals surface area (Å²) in [4.78, 5) is 12.2. The number of carbonyl (C=O) groups is 1. The van der Waals surface area contributed by atoms with Gasteiger partial charge in [-0.25, -0.2) is 4.39 Å². The Kier molecular flexibility index (Phi) is 4.78. The smallest absolute Gasteiger partial charge is 0.258 e. The molecule has 2 rings (SSSR count). The van der Waals surface area contributed by atoms with Gasteiger partial charge in [0.15, 0.2) is 0 Å². The minimum absolute atomic E-state index is 0.0357. The Morgan fingerprint density at radius 3 is 2.65 bits per heavy atom. The van der Waals surface area contributed by atoms with Crippen LogP contribution in [0.4, 0.5) is 10.1 Å². The Balaban J connectivity index is 2.28. The van der Waals surface area contributed by atoms with Gasteiger partial charge in [-0.1, -0.05) is 45.7 Å². The lowest BCUT2D eigenvalue weighted by Gasteiger charge is -2.13. The zero-order chi connectivity index (χ0) is 14.7. The van der Waals surface area contributed by atoms with Crippen LogP contribution in [0.1, 0.15) is 27.7 Å². The lowest BCUT2D eigenvalue weighted by Crippen LogP contribution is -2.15. The molecule has 0 radical (unpaired) electrons. The standard InChI is InChI=1S/C15H12BrClFNO/c1-9(16)11-4-2-3-5-14(11)19-15(20)12-7-6-10(17)8-13(12)18/h2-9H,1H3,(H,19,20). The molecule has 0 aromatic heterocycles. The summed E-state index contributed by atoms with van der Waals surface area (Å²) in [6.07, 6.45) is 0. The first-order valence-electron chi connectivity index (χ1n) is 5.98. The normalized spacial score (nSPS) is 12.0. The minimum Gasteiger partial charge on any atom is -0.322 e. The van der Waals surface area contributed by atoms with E-state index in [4.69, 9.17) is 11.6 Å². The molecule has 2 nitrogen and oxygen atoms in total. The number of rotatable bonds is 3. The van der Waals surface area contributed by atoms with Gasteiger partial charge in [-0.05, 0) is 36.8 Å². The Labute approximate surface area is 130 Å². The predicted octanol–water partition coefficient (Wildman–Crippen LogP) is 5.19. The summed E-state index contributed by atoms with van der Waals surface area (Å²) >= 11 is 9.13. The molecule has 0 spiro atoms. The second kappa shape index (κ2) is 6.37. The van der Waals surface area contributed by atoms with Crippen molar-refractivity contribution in [3.05, 3.63) is 64.4 Å². The van der Waals surface area contributed by atoms with Gasteiger partial charge in [0.1, 0.15) is 5.82 Å². The third-order valence-corrected chi connectivity index (χ3v) is 3.54. The van der Waals surface area contributed by atoms with Gasteiger partial charge in [-0.2, -0.15) is 0 Å². The fraction of sp³-hybridized carbons (Fsp3) is 0.133. The van der Waals surface area contributed by atoms with E-state index >= 15 is 0 Å². The summed E-state index contributed by atoms with van der Waals surface area (Å²) in [6.45, 7) is 1.95. The molecule has 2 aromatic rings. The molecule has 5 heteroatoms. The van der Waals surface area contributed by atoms with Crippen molar-refractivity contribution in [3.8, 4) is 0 Å². The number of halogens is 3. The maximum Gasteiger partial charge on any atom is 0.258 e. The topological polar surface area (TPSA) is 29.1 Å². The number of alkyl halides is 1. The van der Waals surface area contributed by atoms with Crippen LogP contribution in [-0.4, -0.2) is 5.91 Å². The minimum atomic E-state index is -0.639. The molecule has 0 aliphatic rings. The van der Waals surface area contributed by atoms with Crippen molar-refractivity contribution in [1.29, 1.82) is 0 Å². The van der Waals surface area contributed by atoms with E-state index in [1.165, 1.54) is 12.1 Å². The number of hydrogen-bond acceptors (Lipinski definition) is 1. The van der Waals surface area contributed by atoms with E-state index in [2.05, 4.69) is 21.2 Å². The van der Waals surface area contributed by atoms with Gasteiger partial charge in [0.05, 0.1) is 5.56 Å². The predicted molar refractivity (Wildman–Crippen MR) is 83.1 cm³/mol. The molecule has 0 fully saturated rings. The highest BCUT2D eigenvalue weighted by Gasteiger charge is 2.15. The third kappa shape index (κ3) is 3.38. The van der Waals surface area contributed by atoms with Crippen molar-refractivity contribution >= 4 is 39.1 Å². The average molecular weight is 357 g/mol. The van der Waals surface area contributed by atoms with Gasteiger partial charge in [0.2, 0.25) is 0 Å². The van der Waals surface area contributed by atoms with Crippen LogP contribution in [0.5, 0.6) is 0 Å². The summed E-state index contributed by atoms with van der Waals surface area (Å²) < 4.78 is 13.7. The van der Waals surface area contributed by atoms with E-state index in [0.717, 1.165) is 11.6 Å². The van der Waals surface area contributed by atoms with Crippen LogP contribution in [0.15, 0.2) is 42.5 Å². The monoisotopic (exact) mass is 355 g/mol. The van der Waals surface area contributed by atoms with Gasteiger partial charge in [0.25, 0.3) is 5.91 Å². The molecule has 1 atom stereocenters. The van der Waals surface area contributed by atoms with Crippen LogP contribution in [0.2, 0.25) is 5.02 Å². The maximum atomic E-state index is 13.7. The number of benzene rings is 2. The quantitative estimate of drug-likeness (QED) is 0.754.